The van der Waals surface area contributed by atoms with Gasteiger partial charge < -0.3 is 16.0 Å². The molecule has 2 amide bonds. The molecule has 0 radical (unpaired) electrons. The molecule has 1 unspecified atom stereocenters. The largest absolute Gasteiger partial charge is 0.397 e. The van der Waals surface area contributed by atoms with E-state index in [0.29, 0.717) is 16.5 Å². The van der Waals surface area contributed by atoms with E-state index in [-0.39, 0.29) is 17.9 Å². The van der Waals surface area contributed by atoms with Crippen molar-refractivity contribution in [2.24, 2.45) is 5.92 Å². The molecule has 0 aromatic carbocycles. The van der Waals surface area contributed by atoms with Crippen molar-refractivity contribution >= 4 is 39.1 Å². The molecule has 1 atom stereocenters. The third kappa shape index (κ3) is 2.84. The van der Waals surface area contributed by atoms with Gasteiger partial charge in [0.2, 0.25) is 5.91 Å². The quantitative estimate of drug-likeness (QED) is 0.866. The van der Waals surface area contributed by atoms with E-state index in [1.165, 1.54) is 11.3 Å². The van der Waals surface area contributed by atoms with Crippen LogP contribution in [0.15, 0.2) is 12.1 Å². The number of pyridine rings is 1. The number of rotatable bonds is 3. The second kappa shape index (κ2) is 6.87. The Kier molecular flexibility index (Phi) is 4.56. The van der Waals surface area contributed by atoms with Crippen molar-refractivity contribution in [2.45, 2.75) is 44.6 Å². The molecule has 2 fully saturated rings. The van der Waals surface area contributed by atoms with Gasteiger partial charge in [0.1, 0.15) is 9.71 Å². The Labute approximate surface area is 156 Å². The van der Waals surface area contributed by atoms with Gasteiger partial charge in [-0.3, -0.25) is 9.59 Å². The molecule has 26 heavy (non-hydrogen) atoms. The first-order chi connectivity index (χ1) is 12.6. The van der Waals surface area contributed by atoms with Crippen molar-refractivity contribution in [3.8, 4) is 0 Å². The molecule has 6 nitrogen and oxygen atoms in total. The van der Waals surface area contributed by atoms with Crippen LogP contribution in [0.5, 0.6) is 0 Å². The van der Waals surface area contributed by atoms with Crippen LogP contribution in [0.4, 0.5) is 5.69 Å². The minimum atomic E-state index is -0.188. The molecule has 2 aromatic heterocycles. The van der Waals surface area contributed by atoms with E-state index in [9.17, 15) is 9.59 Å². The zero-order chi connectivity index (χ0) is 18.3. The number of thiophene rings is 1. The van der Waals surface area contributed by atoms with E-state index in [2.05, 4.69) is 5.32 Å². The van der Waals surface area contributed by atoms with E-state index >= 15 is 0 Å². The number of nitrogens with one attached hydrogen (secondary N) is 1. The molecular weight excluding hydrogens is 348 g/mol. The number of carbonyl (C=O) groups excluding carboxylic acids is 2. The van der Waals surface area contributed by atoms with Gasteiger partial charge in [-0.25, -0.2) is 4.98 Å². The molecule has 2 aliphatic rings. The lowest BCUT2D eigenvalue weighted by Crippen LogP contribution is -2.43. The summed E-state index contributed by atoms with van der Waals surface area (Å²) in [5.41, 5.74) is 7.52. The van der Waals surface area contributed by atoms with E-state index in [0.717, 1.165) is 61.0 Å². The maximum absolute atomic E-state index is 12.8. The fourth-order valence-electron chi connectivity index (χ4n) is 3.87. The normalized spacial score (nSPS) is 20.8. The molecule has 2 aromatic rings. The summed E-state index contributed by atoms with van der Waals surface area (Å²) in [5, 5.41) is 3.43. The first kappa shape index (κ1) is 17.3. The Bertz CT molecular complexity index is 859. The maximum Gasteiger partial charge on any atom is 0.263 e. The first-order valence-electron chi connectivity index (χ1n) is 9.31. The van der Waals surface area contributed by atoms with Crippen molar-refractivity contribution in [1.29, 1.82) is 0 Å². The minimum absolute atomic E-state index is 0.0352. The number of hydrogen-bond donors (Lipinski definition) is 2. The first-order valence-corrected chi connectivity index (χ1v) is 10.1. The number of amides is 2. The molecular formula is C19H24N4O2S. The predicted molar refractivity (Wildman–Crippen MR) is 103 cm³/mol. The van der Waals surface area contributed by atoms with Crippen LogP contribution < -0.4 is 11.1 Å². The molecule has 1 aliphatic heterocycles. The standard InChI is InChI=1S/C19H24N4O2S/c1-21-17(24)16-15(20)12-8-9-13(22-18(12)26-16)14-7-2-3-10-23(14)19(25)11-5-4-6-11/h8-9,11,14H,2-7,10,20H2,1H3,(H,21,24). The molecule has 3 heterocycles. The number of piperidine rings is 1. The van der Waals surface area contributed by atoms with Gasteiger partial charge in [-0.1, -0.05) is 6.42 Å². The molecule has 1 saturated heterocycles. The van der Waals surface area contributed by atoms with Gasteiger partial charge in [0, 0.05) is 24.9 Å². The highest BCUT2D eigenvalue weighted by atomic mass is 32.1. The van der Waals surface area contributed by atoms with E-state index in [1.54, 1.807) is 7.05 Å². The second-order valence-corrected chi connectivity index (χ2v) is 8.18. The molecule has 1 aliphatic carbocycles. The van der Waals surface area contributed by atoms with Crippen LogP contribution in [0.2, 0.25) is 0 Å². The van der Waals surface area contributed by atoms with Crippen molar-refractivity contribution in [1.82, 2.24) is 15.2 Å². The second-order valence-electron chi connectivity index (χ2n) is 7.18. The molecule has 0 spiro atoms. The average Bonchev–Trinajstić information content (AvgIpc) is 2.95. The van der Waals surface area contributed by atoms with Gasteiger partial charge in [0.25, 0.3) is 5.91 Å². The number of fused-ring (bicyclic) bond motifs is 1. The van der Waals surface area contributed by atoms with E-state index < -0.39 is 0 Å². The fraction of sp³-hybridized carbons (Fsp3) is 0.526. The van der Waals surface area contributed by atoms with Gasteiger partial charge >= 0.3 is 0 Å². The number of nitrogens with zero attached hydrogens (tertiary/aromatic N) is 2. The number of hydrogen-bond acceptors (Lipinski definition) is 5. The molecule has 7 heteroatoms. The molecule has 4 rings (SSSR count). The highest BCUT2D eigenvalue weighted by molar-refractivity contribution is 7.21. The van der Waals surface area contributed by atoms with Gasteiger partial charge in [-0.15, -0.1) is 11.3 Å². The Hall–Kier alpha value is -2.15. The van der Waals surface area contributed by atoms with E-state index in [1.807, 2.05) is 17.0 Å². The fourth-order valence-corrected chi connectivity index (χ4v) is 4.92. The van der Waals surface area contributed by atoms with Crippen molar-refractivity contribution in [3.05, 3.63) is 22.7 Å². The Morgan fingerprint density at radius 1 is 1.23 bits per heavy atom. The van der Waals surface area contributed by atoms with Crippen molar-refractivity contribution < 1.29 is 9.59 Å². The summed E-state index contributed by atoms with van der Waals surface area (Å²) < 4.78 is 0. The summed E-state index contributed by atoms with van der Waals surface area (Å²) in [5.74, 6) is 0.308. The van der Waals surface area contributed by atoms with Gasteiger partial charge in [-0.2, -0.15) is 0 Å². The van der Waals surface area contributed by atoms with Gasteiger partial charge in [-0.05, 0) is 44.2 Å². The zero-order valence-corrected chi connectivity index (χ0v) is 15.8. The maximum atomic E-state index is 12.8. The molecule has 0 bridgehead atoms. The van der Waals surface area contributed by atoms with Crippen LogP contribution in [0, 0.1) is 5.92 Å². The molecule has 3 N–H and O–H groups in total. The minimum Gasteiger partial charge on any atom is -0.397 e. The number of anilines is 1. The summed E-state index contributed by atoms with van der Waals surface area (Å²) in [6, 6.07) is 3.94. The SMILES string of the molecule is CNC(=O)c1sc2nc(C3CCCCN3C(=O)C3CCC3)ccc2c1N. The monoisotopic (exact) mass is 372 g/mol. The summed E-state index contributed by atoms with van der Waals surface area (Å²) in [6.45, 7) is 0.815. The smallest absolute Gasteiger partial charge is 0.263 e. The number of nitrogens with two attached hydrogens (primary N) is 1. The Morgan fingerprint density at radius 2 is 2.04 bits per heavy atom. The van der Waals surface area contributed by atoms with Crippen molar-refractivity contribution in [2.75, 3.05) is 19.3 Å². The summed E-state index contributed by atoms with van der Waals surface area (Å²) in [6.07, 6.45) is 6.31. The van der Waals surface area contributed by atoms with Crippen LogP contribution >= 0.6 is 11.3 Å². The lowest BCUT2D eigenvalue weighted by Gasteiger charge is -2.39. The van der Waals surface area contributed by atoms with Crippen molar-refractivity contribution in [3.63, 3.8) is 0 Å². The predicted octanol–water partition coefficient (Wildman–Crippen LogP) is 3.09. The third-order valence-electron chi connectivity index (χ3n) is 5.63. The Morgan fingerprint density at radius 3 is 2.73 bits per heavy atom. The Balaban J connectivity index is 1.67. The van der Waals surface area contributed by atoms with Crippen LogP contribution in [0.25, 0.3) is 10.2 Å². The van der Waals surface area contributed by atoms with Crippen LogP contribution in [-0.4, -0.2) is 35.3 Å². The lowest BCUT2D eigenvalue weighted by molar-refractivity contribution is -0.142. The number of likely N-dealkylation sites (tertiary alicyclic amines) is 1. The van der Waals surface area contributed by atoms with Crippen LogP contribution in [0.3, 0.4) is 0 Å². The highest BCUT2D eigenvalue weighted by Crippen LogP contribution is 2.38. The van der Waals surface area contributed by atoms with E-state index in [4.69, 9.17) is 10.7 Å². The zero-order valence-electron chi connectivity index (χ0n) is 15.0. The number of aromatic nitrogens is 1. The average molecular weight is 372 g/mol. The summed E-state index contributed by atoms with van der Waals surface area (Å²) in [7, 11) is 1.59. The topological polar surface area (TPSA) is 88.3 Å². The highest BCUT2D eigenvalue weighted by Gasteiger charge is 2.35. The number of nitrogen functional groups attached to an aromatic ring is 1. The van der Waals surface area contributed by atoms with Gasteiger partial charge in [0.15, 0.2) is 0 Å². The lowest BCUT2D eigenvalue weighted by atomic mass is 9.83. The molecule has 1 saturated carbocycles. The van der Waals surface area contributed by atoms with Gasteiger partial charge in [0.05, 0.1) is 17.4 Å². The third-order valence-corrected chi connectivity index (χ3v) is 6.74. The summed E-state index contributed by atoms with van der Waals surface area (Å²) >= 11 is 1.31. The molecule has 138 valence electrons. The van der Waals surface area contributed by atoms with Crippen LogP contribution in [0.1, 0.15) is 59.9 Å². The van der Waals surface area contributed by atoms with Crippen LogP contribution in [-0.2, 0) is 4.79 Å². The summed E-state index contributed by atoms with van der Waals surface area (Å²) in [4.78, 5) is 32.9. The number of carbonyl (C=O) groups is 2.